The van der Waals surface area contributed by atoms with Gasteiger partial charge in [0.2, 0.25) is 5.91 Å². The summed E-state index contributed by atoms with van der Waals surface area (Å²) in [4.78, 5) is 49.3. The number of hydrogen-bond acceptors (Lipinski definition) is 7. The molecular weight excluding hydrogens is 679 g/mol. The third kappa shape index (κ3) is 5.74. The number of carbonyl (C=O) groups excluding carboxylic acids is 1. The summed E-state index contributed by atoms with van der Waals surface area (Å²) in [5.74, 6) is -0.791. The highest BCUT2D eigenvalue weighted by atomic mass is 35.5. The van der Waals surface area contributed by atoms with Crippen LogP contribution >= 0.6 is 11.6 Å². The number of aryl methyl sites for hydroxylation is 2. The average molecular weight is 725 g/mol. The third-order valence-corrected chi connectivity index (χ3v) is 10.9. The molecule has 52 heavy (non-hydrogen) atoms. The van der Waals surface area contributed by atoms with Crippen LogP contribution in [0.15, 0.2) is 54.2 Å². The molecule has 0 radical (unpaired) electrons. The summed E-state index contributed by atoms with van der Waals surface area (Å²) in [5, 5.41) is 0.751. The van der Waals surface area contributed by atoms with Gasteiger partial charge in [0, 0.05) is 54.9 Å². The summed E-state index contributed by atoms with van der Waals surface area (Å²) in [7, 11) is 4.06. The van der Waals surface area contributed by atoms with Crippen LogP contribution in [0.5, 0.6) is 0 Å². The molecule has 3 aromatic heterocycles. The first kappa shape index (κ1) is 35.7. The number of fused-ring (bicyclic) bond motifs is 6. The van der Waals surface area contributed by atoms with Crippen LogP contribution in [-0.2, 0) is 4.79 Å². The number of pyridine rings is 2. The van der Waals surface area contributed by atoms with Gasteiger partial charge in [-0.1, -0.05) is 38.1 Å². The Bertz CT molecular complexity index is 2300. The van der Waals surface area contributed by atoms with E-state index in [2.05, 4.69) is 31.2 Å². The van der Waals surface area contributed by atoms with E-state index >= 15 is 9.18 Å². The molecule has 0 saturated carbocycles. The molecule has 1 saturated heterocycles. The summed E-state index contributed by atoms with van der Waals surface area (Å²) < 4.78 is 19.6. The second kappa shape index (κ2) is 13.7. The number of benzene rings is 2. The first-order valence-corrected chi connectivity index (χ1v) is 18.3. The van der Waals surface area contributed by atoms with Gasteiger partial charge < -0.3 is 24.6 Å². The molecule has 10 nitrogen and oxygen atoms in total. The lowest BCUT2D eigenvalue weighted by atomic mass is 9.93. The van der Waals surface area contributed by atoms with Crippen molar-refractivity contribution in [1.29, 1.82) is 0 Å². The number of hydrogen-bond donors (Lipinski definition) is 1. The zero-order valence-corrected chi connectivity index (χ0v) is 31.7. The molecule has 2 unspecified atom stereocenters. The fourth-order valence-electron chi connectivity index (χ4n) is 8.19. The number of amides is 1. The van der Waals surface area contributed by atoms with Gasteiger partial charge in [-0.25, -0.2) is 9.37 Å². The molecule has 2 aliphatic heterocycles. The topological polar surface area (TPSA) is 93.6 Å². The van der Waals surface area contributed by atoms with Gasteiger partial charge in [-0.15, -0.1) is 0 Å². The minimum Gasteiger partial charge on any atom is -0.363 e. The maximum atomic E-state index is 18.1. The Kier molecular flexibility index (Phi) is 9.37. The van der Waals surface area contributed by atoms with Crippen LogP contribution in [0.4, 0.5) is 15.8 Å². The fourth-order valence-corrected chi connectivity index (χ4v) is 8.48. The lowest BCUT2D eigenvalue weighted by Crippen LogP contribution is -2.64. The van der Waals surface area contributed by atoms with Crippen molar-refractivity contribution in [2.75, 3.05) is 56.6 Å². The molecule has 0 bridgehead atoms. The minimum atomic E-state index is -0.603. The van der Waals surface area contributed by atoms with Gasteiger partial charge in [-0.05, 0) is 89.2 Å². The number of rotatable bonds is 8. The highest BCUT2D eigenvalue weighted by molar-refractivity contribution is 6.35. The minimum absolute atomic E-state index is 0.0559. The summed E-state index contributed by atoms with van der Waals surface area (Å²) in [5.41, 5.74) is 5.95. The van der Waals surface area contributed by atoms with E-state index in [4.69, 9.17) is 16.6 Å². The Labute approximate surface area is 308 Å². The van der Waals surface area contributed by atoms with Crippen LogP contribution < -0.4 is 15.4 Å². The molecule has 0 spiro atoms. The van der Waals surface area contributed by atoms with E-state index in [0.717, 1.165) is 29.6 Å². The van der Waals surface area contributed by atoms with E-state index in [1.54, 1.807) is 17.1 Å². The Balaban J connectivity index is 1.62. The predicted octanol–water partition coefficient (Wildman–Crippen LogP) is 6.83. The molecule has 2 aliphatic rings. The first-order chi connectivity index (χ1) is 24.8. The lowest BCUT2D eigenvalue weighted by molar-refractivity contribution is -0.128. The van der Waals surface area contributed by atoms with Crippen molar-refractivity contribution in [1.82, 2.24) is 29.3 Å². The molecule has 1 amide bonds. The smallest absolute Gasteiger partial charge is 0.281 e. The number of piperazine rings is 1. The van der Waals surface area contributed by atoms with Crippen LogP contribution in [0.3, 0.4) is 0 Å². The normalized spacial score (nSPS) is 17.4. The van der Waals surface area contributed by atoms with Gasteiger partial charge in [0.05, 0.1) is 51.0 Å². The largest absolute Gasteiger partial charge is 0.363 e. The van der Waals surface area contributed by atoms with E-state index < -0.39 is 5.82 Å². The maximum Gasteiger partial charge on any atom is 0.281 e. The van der Waals surface area contributed by atoms with Crippen LogP contribution in [0.2, 0.25) is 5.02 Å². The van der Waals surface area contributed by atoms with Crippen LogP contribution in [0.25, 0.3) is 38.8 Å². The Hall–Kier alpha value is -4.74. The van der Waals surface area contributed by atoms with Crippen molar-refractivity contribution in [3.05, 3.63) is 87.5 Å². The molecule has 12 heteroatoms. The molecule has 0 aliphatic carbocycles. The fraction of sp³-hybridized carbons (Fsp3) is 0.400. The Morgan fingerprint density at radius 2 is 1.87 bits per heavy atom. The monoisotopic (exact) mass is 724 g/mol. The Morgan fingerprint density at radius 3 is 2.58 bits per heavy atom. The van der Waals surface area contributed by atoms with Gasteiger partial charge in [0.15, 0.2) is 5.82 Å². The van der Waals surface area contributed by atoms with E-state index in [9.17, 15) is 4.79 Å². The number of nitrogens with zero attached hydrogens (tertiary/aromatic N) is 7. The second-order valence-electron chi connectivity index (χ2n) is 14.8. The van der Waals surface area contributed by atoms with Crippen LogP contribution in [0.1, 0.15) is 49.9 Å². The van der Waals surface area contributed by atoms with Crippen molar-refractivity contribution in [3.8, 4) is 16.8 Å². The molecule has 5 aromatic rings. The summed E-state index contributed by atoms with van der Waals surface area (Å²) in [6, 6.07) is 7.18. The zero-order valence-electron chi connectivity index (χ0n) is 30.9. The number of aromatic amines is 1. The van der Waals surface area contributed by atoms with Gasteiger partial charge >= 0.3 is 0 Å². The van der Waals surface area contributed by atoms with E-state index in [-0.39, 0.29) is 45.6 Å². The molecular formula is C40H46ClFN8O2. The number of aromatic nitrogens is 4. The first-order valence-electron chi connectivity index (χ1n) is 17.9. The van der Waals surface area contributed by atoms with E-state index in [1.807, 2.05) is 77.9 Å². The highest BCUT2D eigenvalue weighted by Gasteiger charge is 2.42. The number of halogens is 2. The number of imidazole rings is 1. The number of H-pyrrole nitrogens is 1. The SMILES string of the molecule is C=CC(=O)N1CC2CN(CCCN(C)C)c3c(c4cc(Cl)c(-c5c(C)ccc6[nH]cnc56)c(F)c4n(-c4c(C)ccnc4C(C)C)c3=O)N2CC1C. The second-order valence-corrected chi connectivity index (χ2v) is 15.2. The molecule has 1 fully saturated rings. The highest BCUT2D eigenvalue weighted by Crippen LogP contribution is 2.47. The summed E-state index contributed by atoms with van der Waals surface area (Å²) in [6.07, 6.45) is 5.48. The van der Waals surface area contributed by atoms with Crippen molar-refractivity contribution in [2.45, 2.75) is 59.0 Å². The third-order valence-electron chi connectivity index (χ3n) is 10.6. The van der Waals surface area contributed by atoms with Crippen LogP contribution in [0, 0.1) is 19.7 Å². The molecule has 1 N–H and O–H groups in total. The van der Waals surface area contributed by atoms with Crippen molar-refractivity contribution >= 4 is 50.8 Å². The van der Waals surface area contributed by atoms with Crippen LogP contribution in [-0.4, -0.2) is 94.1 Å². The quantitative estimate of drug-likeness (QED) is 0.176. The molecule has 7 rings (SSSR count). The molecule has 272 valence electrons. The zero-order chi connectivity index (χ0) is 37.2. The average Bonchev–Trinajstić information content (AvgIpc) is 3.58. The maximum absolute atomic E-state index is 18.1. The van der Waals surface area contributed by atoms with Crippen molar-refractivity contribution in [2.24, 2.45) is 0 Å². The predicted molar refractivity (Wildman–Crippen MR) is 209 cm³/mol. The number of nitrogens with one attached hydrogen (secondary N) is 1. The lowest BCUT2D eigenvalue weighted by Gasteiger charge is -2.52. The Morgan fingerprint density at radius 1 is 1.10 bits per heavy atom. The molecule has 2 aromatic carbocycles. The summed E-state index contributed by atoms with van der Waals surface area (Å²) >= 11 is 7.24. The van der Waals surface area contributed by atoms with Crippen molar-refractivity contribution in [3.63, 3.8) is 0 Å². The van der Waals surface area contributed by atoms with Gasteiger partial charge in [-0.2, -0.15) is 0 Å². The number of carbonyl (C=O) groups is 1. The van der Waals surface area contributed by atoms with Crippen molar-refractivity contribution < 1.29 is 9.18 Å². The van der Waals surface area contributed by atoms with Gasteiger partial charge in [0.25, 0.3) is 5.56 Å². The summed E-state index contributed by atoms with van der Waals surface area (Å²) in [6.45, 7) is 16.5. The standard InChI is InChI=1S/C40H46ClFN8O2/c1-9-30(51)48-20-26-19-47(16-10-15-46(7)8)39-38(49(26)18-25(48)6)27-17-28(41)32(31-23(4)11-12-29-35(31)45-21-44-29)33(42)37(27)50(40(39)52)36-24(5)13-14-43-34(36)22(2)3/h9,11-14,17,21-22,25-26H,1,10,15-16,18-20H2,2-8H3,(H,44,45). The van der Waals surface area contributed by atoms with Gasteiger partial charge in [0.1, 0.15) is 5.69 Å². The van der Waals surface area contributed by atoms with Gasteiger partial charge in [-0.3, -0.25) is 19.1 Å². The number of anilines is 2. The molecule has 2 atom stereocenters. The van der Waals surface area contributed by atoms with E-state index in [1.165, 1.54) is 6.08 Å². The molecule has 5 heterocycles. The van der Waals surface area contributed by atoms with E-state index in [0.29, 0.717) is 65.4 Å².